The molecule has 120 valence electrons. The molecule has 2 N–H and O–H groups in total. The third-order valence-electron chi connectivity index (χ3n) is 3.14. The first-order valence-electron chi connectivity index (χ1n) is 7.07. The number of hydrogen-bond donors (Lipinski definition) is 2. The normalized spacial score (nSPS) is 10.0. The number of halogens is 1. The van der Waals surface area contributed by atoms with Crippen molar-refractivity contribution in [3.8, 4) is 0 Å². The summed E-state index contributed by atoms with van der Waals surface area (Å²) in [5.41, 5.74) is 2.08. The smallest absolute Gasteiger partial charge is 0.337 e. The van der Waals surface area contributed by atoms with Gasteiger partial charge in [0.2, 0.25) is 5.91 Å². The highest BCUT2D eigenvalue weighted by Crippen LogP contribution is 2.21. The molecule has 5 nitrogen and oxygen atoms in total. The average Bonchev–Trinajstić information content (AvgIpc) is 2.57. The Morgan fingerprint density at radius 3 is 2.43 bits per heavy atom. The van der Waals surface area contributed by atoms with E-state index in [-0.39, 0.29) is 11.9 Å². The van der Waals surface area contributed by atoms with E-state index in [4.69, 9.17) is 0 Å². The highest BCUT2D eigenvalue weighted by molar-refractivity contribution is 9.10. The van der Waals surface area contributed by atoms with Gasteiger partial charge >= 0.3 is 5.97 Å². The van der Waals surface area contributed by atoms with Crippen molar-refractivity contribution in [2.75, 3.05) is 24.3 Å². The number of anilines is 2. The Morgan fingerprint density at radius 2 is 1.78 bits per heavy atom. The molecule has 0 spiro atoms. The summed E-state index contributed by atoms with van der Waals surface area (Å²) in [5.74, 6) is -0.444. The van der Waals surface area contributed by atoms with Gasteiger partial charge in [-0.15, -0.1) is 0 Å². The first-order valence-corrected chi connectivity index (χ1v) is 7.86. The molecule has 1 amide bonds. The number of esters is 1. The molecule has 0 aliphatic heterocycles. The lowest BCUT2D eigenvalue weighted by atomic mass is 10.2. The van der Waals surface area contributed by atoms with Crippen molar-refractivity contribution in [3.63, 3.8) is 0 Å². The van der Waals surface area contributed by atoms with Gasteiger partial charge in [-0.2, -0.15) is 0 Å². The molecule has 0 heterocycles. The summed E-state index contributed by atoms with van der Waals surface area (Å²) in [7, 11) is 1.35. The van der Waals surface area contributed by atoms with E-state index in [1.54, 1.807) is 24.3 Å². The second kappa shape index (κ2) is 8.33. The van der Waals surface area contributed by atoms with Crippen molar-refractivity contribution < 1.29 is 14.3 Å². The van der Waals surface area contributed by atoms with Crippen molar-refractivity contribution in [2.24, 2.45) is 0 Å². The van der Waals surface area contributed by atoms with Crippen LogP contribution in [0.3, 0.4) is 0 Å². The van der Waals surface area contributed by atoms with Crippen molar-refractivity contribution in [3.05, 3.63) is 58.6 Å². The lowest BCUT2D eigenvalue weighted by molar-refractivity contribution is -0.115. The Bertz CT molecular complexity index is 686. The zero-order valence-corrected chi connectivity index (χ0v) is 14.2. The van der Waals surface area contributed by atoms with E-state index >= 15 is 0 Å². The summed E-state index contributed by atoms with van der Waals surface area (Å²) in [4.78, 5) is 23.2. The van der Waals surface area contributed by atoms with E-state index < -0.39 is 0 Å². The van der Waals surface area contributed by atoms with Crippen LogP contribution in [0.2, 0.25) is 0 Å². The van der Waals surface area contributed by atoms with Gasteiger partial charge in [-0.25, -0.2) is 4.79 Å². The molecule has 23 heavy (non-hydrogen) atoms. The molecule has 0 aliphatic rings. The van der Waals surface area contributed by atoms with Gasteiger partial charge in [0, 0.05) is 23.1 Å². The average molecular weight is 377 g/mol. The third-order valence-corrected chi connectivity index (χ3v) is 3.83. The van der Waals surface area contributed by atoms with Gasteiger partial charge in [0.15, 0.2) is 0 Å². The number of amides is 1. The van der Waals surface area contributed by atoms with Crippen LogP contribution in [0, 0.1) is 0 Å². The van der Waals surface area contributed by atoms with Crippen LogP contribution in [0.25, 0.3) is 0 Å². The molecule has 0 aromatic heterocycles. The standard InChI is InChI=1S/C17H17BrN2O3/c1-23-17(22)12-6-8-13(9-7-12)19-11-10-16(21)20-15-5-3-2-4-14(15)18/h2-9,19H,10-11H2,1H3,(H,20,21). The summed E-state index contributed by atoms with van der Waals surface area (Å²) in [6.45, 7) is 0.494. The molecule has 6 heteroatoms. The Balaban J connectivity index is 1.79. The maximum atomic E-state index is 11.9. The number of methoxy groups -OCH3 is 1. The molecule has 0 radical (unpaired) electrons. The fourth-order valence-electron chi connectivity index (χ4n) is 1.94. The minimum Gasteiger partial charge on any atom is -0.465 e. The molecule has 0 saturated carbocycles. The SMILES string of the molecule is COC(=O)c1ccc(NCCC(=O)Nc2ccccc2Br)cc1. The lowest BCUT2D eigenvalue weighted by Crippen LogP contribution is -2.16. The van der Waals surface area contributed by atoms with Crippen LogP contribution in [-0.2, 0) is 9.53 Å². The fourth-order valence-corrected chi connectivity index (χ4v) is 2.32. The largest absolute Gasteiger partial charge is 0.465 e. The molecule has 0 atom stereocenters. The van der Waals surface area contributed by atoms with E-state index in [9.17, 15) is 9.59 Å². The number of ether oxygens (including phenoxy) is 1. The van der Waals surface area contributed by atoms with E-state index in [0.717, 1.165) is 15.8 Å². The predicted octanol–water partition coefficient (Wildman–Crippen LogP) is 3.68. The minimum atomic E-state index is -0.371. The monoisotopic (exact) mass is 376 g/mol. The molecule has 0 bridgehead atoms. The molecule has 0 unspecified atom stereocenters. The van der Waals surface area contributed by atoms with E-state index in [1.807, 2.05) is 24.3 Å². The second-order valence-corrected chi connectivity index (χ2v) is 5.63. The molecule has 2 aromatic rings. The first-order chi connectivity index (χ1) is 11.1. The second-order valence-electron chi connectivity index (χ2n) is 4.77. The Labute approximate surface area is 143 Å². The Kier molecular flexibility index (Phi) is 6.17. The Hall–Kier alpha value is -2.34. The van der Waals surface area contributed by atoms with E-state index in [1.165, 1.54) is 7.11 Å². The molecule has 2 rings (SSSR count). The highest BCUT2D eigenvalue weighted by Gasteiger charge is 2.06. The number of carbonyl (C=O) groups is 2. The van der Waals surface area contributed by atoms with Crippen LogP contribution in [0.1, 0.15) is 16.8 Å². The van der Waals surface area contributed by atoms with Crippen LogP contribution in [0.5, 0.6) is 0 Å². The number of hydrogen-bond acceptors (Lipinski definition) is 4. The van der Waals surface area contributed by atoms with Crippen molar-refractivity contribution in [1.29, 1.82) is 0 Å². The maximum Gasteiger partial charge on any atom is 0.337 e. The van der Waals surface area contributed by atoms with Gasteiger partial charge in [-0.05, 0) is 52.3 Å². The Morgan fingerprint density at radius 1 is 1.09 bits per heavy atom. The summed E-state index contributed by atoms with van der Waals surface area (Å²) < 4.78 is 5.49. The molecule has 0 fully saturated rings. The quantitative estimate of drug-likeness (QED) is 0.754. The molecule has 0 saturated heterocycles. The zero-order valence-electron chi connectivity index (χ0n) is 12.6. The number of benzene rings is 2. The molecule has 0 aliphatic carbocycles. The molecular weight excluding hydrogens is 360 g/mol. The first kappa shape index (κ1) is 17.0. The maximum absolute atomic E-state index is 11.9. The van der Waals surface area contributed by atoms with Crippen molar-refractivity contribution >= 4 is 39.2 Å². The van der Waals surface area contributed by atoms with Crippen LogP contribution >= 0.6 is 15.9 Å². The van der Waals surface area contributed by atoms with Crippen LogP contribution in [0.15, 0.2) is 53.0 Å². The van der Waals surface area contributed by atoms with Gasteiger partial charge in [-0.1, -0.05) is 12.1 Å². The summed E-state index contributed by atoms with van der Waals surface area (Å²) in [6, 6.07) is 14.4. The topological polar surface area (TPSA) is 67.4 Å². The summed E-state index contributed by atoms with van der Waals surface area (Å²) in [6.07, 6.45) is 0.333. The van der Waals surface area contributed by atoms with Crippen molar-refractivity contribution in [2.45, 2.75) is 6.42 Å². The van der Waals surface area contributed by atoms with Gasteiger partial charge in [-0.3, -0.25) is 4.79 Å². The van der Waals surface area contributed by atoms with E-state index in [2.05, 4.69) is 31.3 Å². The van der Waals surface area contributed by atoms with Gasteiger partial charge < -0.3 is 15.4 Å². The number of rotatable bonds is 6. The van der Waals surface area contributed by atoms with Crippen molar-refractivity contribution in [1.82, 2.24) is 0 Å². The van der Waals surface area contributed by atoms with Gasteiger partial charge in [0.25, 0.3) is 0 Å². The predicted molar refractivity (Wildman–Crippen MR) is 93.7 cm³/mol. The minimum absolute atomic E-state index is 0.0735. The molecular formula is C17H17BrN2O3. The zero-order chi connectivity index (χ0) is 16.7. The lowest BCUT2D eigenvalue weighted by Gasteiger charge is -2.09. The van der Waals surface area contributed by atoms with Gasteiger partial charge in [0.1, 0.15) is 0 Å². The number of nitrogens with one attached hydrogen (secondary N) is 2. The fraction of sp³-hybridized carbons (Fsp3) is 0.176. The van der Waals surface area contributed by atoms with Crippen LogP contribution in [0.4, 0.5) is 11.4 Å². The van der Waals surface area contributed by atoms with Crippen LogP contribution < -0.4 is 10.6 Å². The summed E-state index contributed by atoms with van der Waals surface area (Å²) >= 11 is 3.39. The highest BCUT2D eigenvalue weighted by atomic mass is 79.9. The third kappa shape index (κ3) is 5.10. The molecule has 2 aromatic carbocycles. The number of carbonyl (C=O) groups excluding carboxylic acids is 2. The summed E-state index contributed by atoms with van der Waals surface area (Å²) in [5, 5.41) is 5.98. The van der Waals surface area contributed by atoms with E-state index in [0.29, 0.717) is 18.5 Å². The number of para-hydroxylation sites is 1. The van der Waals surface area contributed by atoms with Crippen LogP contribution in [-0.4, -0.2) is 25.5 Å². The van der Waals surface area contributed by atoms with Gasteiger partial charge in [0.05, 0.1) is 18.4 Å².